The molecule has 2 N–H and O–H groups in total. The number of nitrogens with two attached hydrogens (primary N) is 1. The molecule has 1 aliphatic heterocycles. The second kappa shape index (κ2) is 2.30. The Morgan fingerprint density at radius 3 is 3.36 bits per heavy atom. The Balaban J connectivity index is 2.38. The van der Waals surface area contributed by atoms with Crippen LogP contribution in [0.3, 0.4) is 0 Å². The maximum absolute atomic E-state index is 5.86. The Morgan fingerprint density at radius 1 is 1.73 bits per heavy atom. The predicted molar refractivity (Wildman–Crippen MR) is 41.0 cm³/mol. The van der Waals surface area contributed by atoms with Crippen LogP contribution in [-0.2, 0) is 6.42 Å². The molecule has 0 aromatic carbocycles. The van der Waals surface area contributed by atoms with E-state index in [0.29, 0.717) is 6.04 Å². The standard InChI is InChI=1S/C7H12N4/c1-5-6(8)2-3-7-9-4-10-11(5)7/h4-6H,2-3,8H2,1H3. The van der Waals surface area contributed by atoms with E-state index in [0.717, 1.165) is 18.7 Å². The Kier molecular flexibility index (Phi) is 1.42. The van der Waals surface area contributed by atoms with Gasteiger partial charge in [0.15, 0.2) is 0 Å². The molecule has 0 amide bonds. The van der Waals surface area contributed by atoms with Crippen LogP contribution in [0, 0.1) is 0 Å². The van der Waals surface area contributed by atoms with Gasteiger partial charge in [0.25, 0.3) is 0 Å². The Bertz CT molecular complexity index is 255. The van der Waals surface area contributed by atoms with Crippen molar-refractivity contribution in [2.24, 2.45) is 5.73 Å². The van der Waals surface area contributed by atoms with Gasteiger partial charge >= 0.3 is 0 Å². The van der Waals surface area contributed by atoms with Gasteiger partial charge in [-0.2, -0.15) is 5.10 Å². The van der Waals surface area contributed by atoms with E-state index in [-0.39, 0.29) is 6.04 Å². The number of hydrogen-bond acceptors (Lipinski definition) is 3. The molecule has 1 aliphatic rings. The lowest BCUT2D eigenvalue weighted by Crippen LogP contribution is -2.36. The summed E-state index contributed by atoms with van der Waals surface area (Å²) < 4.78 is 1.92. The Morgan fingerprint density at radius 2 is 2.55 bits per heavy atom. The SMILES string of the molecule is CC1C(N)CCc2ncnn21. The fourth-order valence-electron chi connectivity index (χ4n) is 1.51. The van der Waals surface area contributed by atoms with Crippen molar-refractivity contribution in [3.05, 3.63) is 12.2 Å². The highest BCUT2D eigenvalue weighted by Crippen LogP contribution is 2.19. The molecule has 0 bridgehead atoms. The van der Waals surface area contributed by atoms with E-state index >= 15 is 0 Å². The molecule has 2 heterocycles. The van der Waals surface area contributed by atoms with Crippen LogP contribution in [0.15, 0.2) is 6.33 Å². The summed E-state index contributed by atoms with van der Waals surface area (Å²) in [6.07, 6.45) is 3.59. The molecule has 2 rings (SSSR count). The number of nitrogens with zero attached hydrogens (tertiary/aromatic N) is 3. The molecule has 0 radical (unpaired) electrons. The molecule has 0 saturated carbocycles. The average Bonchev–Trinajstić information content (AvgIpc) is 2.45. The van der Waals surface area contributed by atoms with Gasteiger partial charge < -0.3 is 5.73 Å². The molecule has 0 spiro atoms. The van der Waals surface area contributed by atoms with Gasteiger partial charge in [-0.3, -0.25) is 0 Å². The molecule has 4 heteroatoms. The highest BCUT2D eigenvalue weighted by atomic mass is 15.4. The summed E-state index contributed by atoms with van der Waals surface area (Å²) in [6, 6.07) is 0.547. The smallest absolute Gasteiger partial charge is 0.138 e. The number of aryl methyl sites for hydroxylation is 1. The zero-order valence-corrected chi connectivity index (χ0v) is 6.57. The van der Waals surface area contributed by atoms with E-state index in [1.807, 2.05) is 4.68 Å². The zero-order chi connectivity index (χ0) is 7.84. The van der Waals surface area contributed by atoms with E-state index in [2.05, 4.69) is 17.0 Å². The summed E-state index contributed by atoms with van der Waals surface area (Å²) >= 11 is 0. The molecule has 0 fully saturated rings. The molecule has 60 valence electrons. The van der Waals surface area contributed by atoms with Crippen molar-refractivity contribution in [1.82, 2.24) is 14.8 Å². The summed E-state index contributed by atoms with van der Waals surface area (Å²) in [5.41, 5.74) is 5.86. The van der Waals surface area contributed by atoms with Crippen molar-refractivity contribution >= 4 is 0 Å². The Hall–Kier alpha value is -0.900. The first kappa shape index (κ1) is 6.79. The van der Waals surface area contributed by atoms with Gasteiger partial charge in [-0.15, -0.1) is 0 Å². The van der Waals surface area contributed by atoms with Crippen molar-refractivity contribution in [2.45, 2.75) is 31.8 Å². The van der Waals surface area contributed by atoms with Gasteiger partial charge in [0.05, 0.1) is 6.04 Å². The quantitative estimate of drug-likeness (QED) is 0.574. The molecule has 0 aliphatic carbocycles. The normalized spacial score (nSPS) is 30.0. The van der Waals surface area contributed by atoms with Crippen molar-refractivity contribution in [1.29, 1.82) is 0 Å². The second-order valence-corrected chi connectivity index (χ2v) is 3.06. The minimum absolute atomic E-state index is 0.240. The molecule has 0 saturated heterocycles. The van der Waals surface area contributed by atoms with Crippen LogP contribution in [0.4, 0.5) is 0 Å². The lowest BCUT2D eigenvalue weighted by Gasteiger charge is -2.25. The van der Waals surface area contributed by atoms with Crippen LogP contribution in [0.2, 0.25) is 0 Å². The second-order valence-electron chi connectivity index (χ2n) is 3.06. The van der Waals surface area contributed by atoms with Gasteiger partial charge in [-0.25, -0.2) is 9.67 Å². The number of rotatable bonds is 0. The predicted octanol–water partition coefficient (Wildman–Crippen LogP) is 0.113. The molecule has 2 unspecified atom stereocenters. The van der Waals surface area contributed by atoms with Gasteiger partial charge in [0.1, 0.15) is 12.2 Å². The third-order valence-corrected chi connectivity index (χ3v) is 2.35. The molecular formula is C7H12N4. The third-order valence-electron chi connectivity index (χ3n) is 2.35. The Labute approximate surface area is 65.4 Å². The number of fused-ring (bicyclic) bond motifs is 1. The van der Waals surface area contributed by atoms with Crippen molar-refractivity contribution < 1.29 is 0 Å². The van der Waals surface area contributed by atoms with Crippen LogP contribution in [0.1, 0.15) is 25.2 Å². The van der Waals surface area contributed by atoms with Crippen LogP contribution >= 0.6 is 0 Å². The summed E-state index contributed by atoms with van der Waals surface area (Å²) in [5, 5.41) is 4.11. The van der Waals surface area contributed by atoms with E-state index in [4.69, 9.17) is 5.73 Å². The highest BCUT2D eigenvalue weighted by Gasteiger charge is 2.23. The monoisotopic (exact) mass is 152 g/mol. The van der Waals surface area contributed by atoms with E-state index < -0.39 is 0 Å². The first-order valence-electron chi connectivity index (χ1n) is 3.93. The summed E-state index contributed by atoms with van der Waals surface area (Å²) in [4.78, 5) is 4.14. The highest BCUT2D eigenvalue weighted by molar-refractivity contribution is 4.95. The van der Waals surface area contributed by atoms with Crippen molar-refractivity contribution in [3.8, 4) is 0 Å². The zero-order valence-electron chi connectivity index (χ0n) is 6.57. The van der Waals surface area contributed by atoms with Crippen LogP contribution in [-0.4, -0.2) is 20.8 Å². The lowest BCUT2D eigenvalue weighted by atomic mass is 10.0. The molecule has 4 nitrogen and oxygen atoms in total. The molecule has 1 aromatic heterocycles. The van der Waals surface area contributed by atoms with E-state index in [1.165, 1.54) is 0 Å². The minimum atomic E-state index is 0.240. The maximum atomic E-state index is 5.86. The first-order valence-corrected chi connectivity index (χ1v) is 3.93. The topological polar surface area (TPSA) is 56.7 Å². The molecule has 11 heavy (non-hydrogen) atoms. The van der Waals surface area contributed by atoms with Gasteiger partial charge in [-0.05, 0) is 13.3 Å². The van der Waals surface area contributed by atoms with Crippen molar-refractivity contribution in [2.75, 3.05) is 0 Å². The molecule has 2 atom stereocenters. The van der Waals surface area contributed by atoms with Gasteiger partial charge in [0.2, 0.25) is 0 Å². The summed E-state index contributed by atoms with van der Waals surface area (Å²) in [6.45, 7) is 2.09. The third kappa shape index (κ3) is 0.939. The van der Waals surface area contributed by atoms with E-state index in [1.54, 1.807) is 6.33 Å². The lowest BCUT2D eigenvalue weighted by molar-refractivity contribution is 0.338. The summed E-state index contributed by atoms with van der Waals surface area (Å²) in [7, 11) is 0. The first-order chi connectivity index (χ1) is 5.29. The largest absolute Gasteiger partial charge is 0.326 e. The van der Waals surface area contributed by atoms with Crippen LogP contribution in [0.25, 0.3) is 0 Å². The fraction of sp³-hybridized carbons (Fsp3) is 0.714. The maximum Gasteiger partial charge on any atom is 0.138 e. The molecular weight excluding hydrogens is 140 g/mol. The number of aromatic nitrogens is 3. The minimum Gasteiger partial charge on any atom is -0.326 e. The van der Waals surface area contributed by atoms with Gasteiger partial charge in [0, 0.05) is 12.5 Å². The summed E-state index contributed by atoms with van der Waals surface area (Å²) in [5.74, 6) is 1.07. The van der Waals surface area contributed by atoms with E-state index in [9.17, 15) is 0 Å². The van der Waals surface area contributed by atoms with Crippen molar-refractivity contribution in [3.63, 3.8) is 0 Å². The molecule has 1 aromatic rings. The fourth-order valence-corrected chi connectivity index (χ4v) is 1.51. The van der Waals surface area contributed by atoms with Crippen LogP contribution < -0.4 is 5.73 Å². The van der Waals surface area contributed by atoms with Crippen LogP contribution in [0.5, 0.6) is 0 Å². The van der Waals surface area contributed by atoms with Gasteiger partial charge in [-0.1, -0.05) is 0 Å². The number of hydrogen-bond donors (Lipinski definition) is 1. The average molecular weight is 152 g/mol.